The van der Waals surface area contributed by atoms with E-state index in [-0.39, 0.29) is 11.4 Å². The van der Waals surface area contributed by atoms with Crippen molar-refractivity contribution in [2.75, 3.05) is 11.5 Å². The van der Waals surface area contributed by atoms with Crippen molar-refractivity contribution < 1.29 is 24.6 Å². The number of aryl methyl sites for hydroxylation is 1. The van der Waals surface area contributed by atoms with Crippen LogP contribution in [0.2, 0.25) is 0 Å². The molecule has 0 saturated heterocycles. The van der Waals surface area contributed by atoms with Gasteiger partial charge in [-0.05, 0) is 17.9 Å². The molecule has 2 aromatic heterocycles. The molecule has 0 spiro atoms. The number of rotatable bonds is 8. The van der Waals surface area contributed by atoms with Crippen LogP contribution in [0.15, 0.2) is 30.3 Å². The average molecular weight is 401 g/mol. The number of aliphatic carboxylic acids is 1. The number of nitrogens with one attached hydrogen (secondary N) is 2. The van der Waals surface area contributed by atoms with E-state index in [1.54, 1.807) is 6.07 Å². The molecule has 0 fully saturated rings. The summed E-state index contributed by atoms with van der Waals surface area (Å²) in [5, 5.41) is 22.6. The molecular formula is C19H19N3O5S. The van der Waals surface area contributed by atoms with E-state index in [1.807, 2.05) is 24.3 Å². The second kappa shape index (κ2) is 8.30. The summed E-state index contributed by atoms with van der Waals surface area (Å²) in [5.74, 6) is -1.85. The van der Waals surface area contributed by atoms with Crippen LogP contribution in [0.4, 0.5) is 0 Å². The molecule has 2 heterocycles. The van der Waals surface area contributed by atoms with Gasteiger partial charge in [-0.2, -0.15) is 11.8 Å². The van der Waals surface area contributed by atoms with Crippen LogP contribution >= 0.6 is 11.8 Å². The largest absolute Gasteiger partial charge is 0.480 e. The molecule has 9 heteroatoms. The fraction of sp³-hybridized carbons (Fsp3) is 0.263. The SMILES string of the molecule is CC(=O)N[C@@H](CSCCc1nc(C(=O)O)cc2c1[nH]c1ccccc12)C(=O)O. The highest BCUT2D eigenvalue weighted by Crippen LogP contribution is 2.28. The number of pyridine rings is 1. The number of para-hydroxylation sites is 1. The molecule has 1 aromatic carbocycles. The summed E-state index contributed by atoms with van der Waals surface area (Å²) < 4.78 is 0. The molecule has 8 nitrogen and oxygen atoms in total. The quantitative estimate of drug-likeness (QED) is 0.426. The lowest BCUT2D eigenvalue weighted by atomic mass is 10.1. The second-order valence-electron chi connectivity index (χ2n) is 6.27. The van der Waals surface area contributed by atoms with Crippen molar-refractivity contribution in [3.63, 3.8) is 0 Å². The van der Waals surface area contributed by atoms with Crippen molar-refractivity contribution in [2.24, 2.45) is 0 Å². The molecule has 0 radical (unpaired) electrons. The van der Waals surface area contributed by atoms with Gasteiger partial charge in [0.15, 0.2) is 0 Å². The van der Waals surface area contributed by atoms with E-state index in [2.05, 4.69) is 15.3 Å². The third-order valence-corrected chi connectivity index (χ3v) is 5.30. The molecule has 0 saturated carbocycles. The Balaban J connectivity index is 1.81. The second-order valence-corrected chi connectivity index (χ2v) is 7.42. The summed E-state index contributed by atoms with van der Waals surface area (Å²) in [4.78, 5) is 41.3. The van der Waals surface area contributed by atoms with Gasteiger partial charge in [0, 0.05) is 35.4 Å². The number of hydrogen-bond acceptors (Lipinski definition) is 5. The molecule has 1 amide bonds. The first-order valence-electron chi connectivity index (χ1n) is 8.58. The summed E-state index contributed by atoms with van der Waals surface area (Å²) in [6, 6.07) is 8.22. The minimum Gasteiger partial charge on any atom is -0.480 e. The maximum atomic E-state index is 11.5. The standard InChI is InChI=1S/C19H19N3O5S/c1-10(23)20-16(19(26)27)9-28-7-6-14-17-12(8-15(21-14)18(24)25)11-4-2-3-5-13(11)22-17/h2-5,8,16,22H,6-7,9H2,1H3,(H,20,23)(H,24,25)(H,26,27)/t16-/m0/s1. The van der Waals surface area contributed by atoms with Crippen LogP contribution in [-0.2, 0) is 16.0 Å². The lowest BCUT2D eigenvalue weighted by Gasteiger charge is -2.12. The van der Waals surface area contributed by atoms with Gasteiger partial charge in [-0.25, -0.2) is 14.6 Å². The van der Waals surface area contributed by atoms with Gasteiger partial charge >= 0.3 is 11.9 Å². The predicted molar refractivity (Wildman–Crippen MR) is 107 cm³/mol. The number of carboxylic acids is 2. The Morgan fingerprint density at radius 1 is 1.21 bits per heavy atom. The van der Waals surface area contributed by atoms with Crippen molar-refractivity contribution in [1.82, 2.24) is 15.3 Å². The van der Waals surface area contributed by atoms with Gasteiger partial charge in [0.2, 0.25) is 5.91 Å². The Hall–Kier alpha value is -3.07. The maximum absolute atomic E-state index is 11.5. The molecule has 0 bridgehead atoms. The molecule has 0 aliphatic rings. The zero-order valence-electron chi connectivity index (χ0n) is 15.1. The molecule has 0 unspecified atom stereocenters. The van der Waals surface area contributed by atoms with E-state index in [1.165, 1.54) is 18.7 Å². The first-order valence-corrected chi connectivity index (χ1v) is 9.73. The van der Waals surface area contributed by atoms with Crippen LogP contribution in [0.25, 0.3) is 21.8 Å². The number of amides is 1. The summed E-state index contributed by atoms with van der Waals surface area (Å²) in [6.07, 6.45) is 0.460. The average Bonchev–Trinajstić information content (AvgIpc) is 3.02. The van der Waals surface area contributed by atoms with Gasteiger partial charge in [-0.3, -0.25) is 4.79 Å². The molecule has 3 rings (SSSR count). The zero-order valence-corrected chi connectivity index (χ0v) is 15.9. The van der Waals surface area contributed by atoms with Gasteiger partial charge < -0.3 is 20.5 Å². The van der Waals surface area contributed by atoms with E-state index in [0.29, 0.717) is 17.9 Å². The van der Waals surface area contributed by atoms with Crippen molar-refractivity contribution >= 4 is 51.4 Å². The number of hydrogen-bond donors (Lipinski definition) is 4. The number of carbonyl (C=O) groups is 3. The van der Waals surface area contributed by atoms with Crippen molar-refractivity contribution in [1.29, 1.82) is 0 Å². The van der Waals surface area contributed by atoms with Crippen LogP contribution in [0.3, 0.4) is 0 Å². The van der Waals surface area contributed by atoms with E-state index in [0.717, 1.165) is 21.8 Å². The fourth-order valence-corrected chi connectivity index (χ4v) is 3.96. The smallest absolute Gasteiger partial charge is 0.354 e. The first-order chi connectivity index (χ1) is 13.4. The molecule has 0 aliphatic carbocycles. The summed E-state index contributed by atoms with van der Waals surface area (Å²) >= 11 is 1.36. The molecular weight excluding hydrogens is 382 g/mol. The number of aromatic carboxylic acids is 1. The van der Waals surface area contributed by atoms with E-state index in [9.17, 15) is 19.5 Å². The van der Waals surface area contributed by atoms with Gasteiger partial charge in [0.05, 0.1) is 11.2 Å². The van der Waals surface area contributed by atoms with Gasteiger partial charge in [0.25, 0.3) is 0 Å². The molecule has 0 aliphatic heterocycles. The Morgan fingerprint density at radius 2 is 1.96 bits per heavy atom. The highest BCUT2D eigenvalue weighted by Gasteiger charge is 2.19. The summed E-state index contributed by atoms with van der Waals surface area (Å²) in [5.41, 5.74) is 2.26. The Labute approximate surface area is 164 Å². The van der Waals surface area contributed by atoms with Crippen molar-refractivity contribution in [3.05, 3.63) is 41.7 Å². The molecule has 1 atom stereocenters. The van der Waals surface area contributed by atoms with Crippen LogP contribution in [0, 0.1) is 0 Å². The number of carbonyl (C=O) groups excluding carboxylic acids is 1. The number of thioether (sulfide) groups is 1. The first kappa shape index (κ1) is 19.7. The van der Waals surface area contributed by atoms with Crippen LogP contribution in [0.5, 0.6) is 0 Å². The van der Waals surface area contributed by atoms with Gasteiger partial charge in [0.1, 0.15) is 11.7 Å². The number of aromatic amines is 1. The molecule has 3 aromatic rings. The lowest BCUT2D eigenvalue weighted by Crippen LogP contribution is -2.41. The van der Waals surface area contributed by atoms with Crippen LogP contribution in [-0.4, -0.2) is 55.6 Å². The third kappa shape index (κ3) is 4.25. The summed E-state index contributed by atoms with van der Waals surface area (Å²) in [6.45, 7) is 1.27. The topological polar surface area (TPSA) is 132 Å². The summed E-state index contributed by atoms with van der Waals surface area (Å²) in [7, 11) is 0. The molecule has 28 heavy (non-hydrogen) atoms. The Morgan fingerprint density at radius 3 is 2.64 bits per heavy atom. The van der Waals surface area contributed by atoms with Crippen molar-refractivity contribution in [2.45, 2.75) is 19.4 Å². The number of fused-ring (bicyclic) bond motifs is 3. The number of carboxylic acid groups (broad SMARTS) is 2. The number of benzene rings is 1. The van der Waals surface area contributed by atoms with Crippen molar-refractivity contribution in [3.8, 4) is 0 Å². The molecule has 4 N–H and O–H groups in total. The monoisotopic (exact) mass is 401 g/mol. The van der Waals surface area contributed by atoms with E-state index in [4.69, 9.17) is 5.11 Å². The van der Waals surface area contributed by atoms with Crippen LogP contribution < -0.4 is 5.32 Å². The van der Waals surface area contributed by atoms with E-state index < -0.39 is 23.9 Å². The minimum atomic E-state index is -1.10. The molecule has 146 valence electrons. The third-order valence-electron chi connectivity index (χ3n) is 4.23. The van der Waals surface area contributed by atoms with Gasteiger partial charge in [-0.15, -0.1) is 0 Å². The highest BCUT2D eigenvalue weighted by molar-refractivity contribution is 7.99. The normalized spacial score (nSPS) is 12.2. The number of H-pyrrole nitrogens is 1. The zero-order chi connectivity index (χ0) is 20.3. The maximum Gasteiger partial charge on any atom is 0.354 e. The minimum absolute atomic E-state index is 0.0288. The number of nitrogens with zero attached hydrogens (tertiary/aromatic N) is 1. The Bertz CT molecular complexity index is 1060. The number of aromatic nitrogens is 2. The van der Waals surface area contributed by atoms with E-state index >= 15 is 0 Å². The highest BCUT2D eigenvalue weighted by atomic mass is 32.2. The predicted octanol–water partition coefficient (Wildman–Crippen LogP) is 2.28. The van der Waals surface area contributed by atoms with Crippen LogP contribution in [0.1, 0.15) is 23.1 Å². The lowest BCUT2D eigenvalue weighted by molar-refractivity contribution is -0.140. The fourth-order valence-electron chi connectivity index (χ4n) is 2.99. The Kier molecular flexibility index (Phi) is 5.84. The van der Waals surface area contributed by atoms with Gasteiger partial charge in [-0.1, -0.05) is 18.2 Å².